The van der Waals surface area contributed by atoms with E-state index < -0.39 is 11.6 Å². The van der Waals surface area contributed by atoms with Crippen LogP contribution in [0, 0.1) is 17.8 Å². The summed E-state index contributed by atoms with van der Waals surface area (Å²) >= 11 is 0. The van der Waals surface area contributed by atoms with E-state index in [1.807, 2.05) is 0 Å². The van der Waals surface area contributed by atoms with Crippen LogP contribution < -0.4 is 10.6 Å². The maximum absolute atomic E-state index is 11.8. The van der Waals surface area contributed by atoms with Crippen LogP contribution in [0.5, 0.6) is 0 Å². The zero-order valence-corrected chi connectivity index (χ0v) is 9.49. The minimum Gasteiger partial charge on any atom is -0.466 e. The molecule has 0 aromatic heterocycles. The molecule has 4 atom stereocenters. The van der Waals surface area contributed by atoms with Crippen LogP contribution in [0.15, 0.2) is 0 Å². The van der Waals surface area contributed by atoms with Gasteiger partial charge in [0.25, 0.3) is 5.91 Å². The number of amides is 3. The van der Waals surface area contributed by atoms with Crippen LogP contribution in [0.25, 0.3) is 0 Å². The van der Waals surface area contributed by atoms with Gasteiger partial charge in [0.15, 0.2) is 0 Å². The third-order valence-electron chi connectivity index (χ3n) is 4.14. The minimum absolute atomic E-state index is 0.0759. The van der Waals surface area contributed by atoms with Crippen molar-refractivity contribution >= 4 is 17.9 Å². The van der Waals surface area contributed by atoms with Gasteiger partial charge in [-0.3, -0.25) is 14.9 Å². The molecule has 2 saturated carbocycles. The number of fused-ring (bicyclic) bond motifs is 2. The number of imide groups is 1. The number of hydrogen-bond acceptors (Lipinski definition) is 4. The summed E-state index contributed by atoms with van der Waals surface area (Å²) in [5.74, 6) is -0.628. The number of carbonyl (C=O) groups excluding carboxylic acids is 3. The molecule has 1 saturated heterocycles. The Morgan fingerprint density at radius 3 is 2.88 bits per heavy atom. The summed E-state index contributed by atoms with van der Waals surface area (Å²) in [5.41, 5.74) is -0.848. The Labute approximate surface area is 98.1 Å². The summed E-state index contributed by atoms with van der Waals surface area (Å²) < 4.78 is 4.98. The lowest BCUT2D eigenvalue weighted by molar-refractivity contribution is -0.146. The van der Waals surface area contributed by atoms with E-state index in [4.69, 9.17) is 4.74 Å². The van der Waals surface area contributed by atoms with Crippen molar-refractivity contribution < 1.29 is 19.1 Å². The summed E-state index contributed by atoms with van der Waals surface area (Å²) in [6, 6.07) is -0.454. The molecule has 3 fully saturated rings. The lowest BCUT2D eigenvalue weighted by atomic mass is 9.90. The molecule has 2 N–H and O–H groups in total. The lowest BCUT2D eigenvalue weighted by Gasteiger charge is -2.22. The van der Waals surface area contributed by atoms with Crippen molar-refractivity contribution in [1.29, 1.82) is 0 Å². The van der Waals surface area contributed by atoms with Crippen LogP contribution >= 0.6 is 0 Å². The molecule has 0 aromatic carbocycles. The maximum atomic E-state index is 11.8. The fraction of sp³-hybridized carbons (Fsp3) is 0.727. The van der Waals surface area contributed by atoms with Gasteiger partial charge >= 0.3 is 12.0 Å². The summed E-state index contributed by atoms with van der Waals surface area (Å²) in [5, 5.41) is 4.95. The van der Waals surface area contributed by atoms with Crippen molar-refractivity contribution in [3.63, 3.8) is 0 Å². The average molecular weight is 238 g/mol. The van der Waals surface area contributed by atoms with Crippen LogP contribution in [0.1, 0.15) is 19.8 Å². The van der Waals surface area contributed by atoms with Crippen molar-refractivity contribution in [2.75, 3.05) is 6.61 Å². The normalized spacial score (nSPS) is 42.1. The maximum Gasteiger partial charge on any atom is 0.322 e. The zero-order chi connectivity index (χ0) is 12.2. The Morgan fingerprint density at radius 1 is 1.53 bits per heavy atom. The number of esters is 1. The second kappa shape index (κ2) is 3.21. The van der Waals surface area contributed by atoms with Crippen molar-refractivity contribution in [1.82, 2.24) is 10.6 Å². The molecule has 3 aliphatic rings. The molecule has 0 unspecified atom stereocenters. The topological polar surface area (TPSA) is 84.5 Å². The first-order valence-electron chi connectivity index (χ1n) is 5.90. The van der Waals surface area contributed by atoms with E-state index in [1.165, 1.54) is 0 Å². The Morgan fingerprint density at radius 2 is 2.29 bits per heavy atom. The van der Waals surface area contributed by atoms with Crippen LogP contribution in [0.4, 0.5) is 4.79 Å². The molecule has 0 bridgehead atoms. The standard InChI is InChI=1S/C11H14N2O4/c1-2-17-8(14)6-5-3-4-11(7(5)6)9(15)12-10(16)13-11/h5-7H,2-4H2,1H3,(H2,12,13,15,16)/t5-,6-,7-,11-/m1/s1. The highest BCUT2D eigenvalue weighted by molar-refractivity contribution is 6.08. The van der Waals surface area contributed by atoms with Crippen molar-refractivity contribution in [2.45, 2.75) is 25.3 Å². The monoisotopic (exact) mass is 238 g/mol. The molecular formula is C11H14N2O4. The smallest absolute Gasteiger partial charge is 0.322 e. The molecule has 6 heteroatoms. The lowest BCUT2D eigenvalue weighted by Crippen LogP contribution is -2.48. The number of hydrogen-bond donors (Lipinski definition) is 2. The summed E-state index contributed by atoms with van der Waals surface area (Å²) in [6.07, 6.45) is 1.41. The zero-order valence-electron chi connectivity index (χ0n) is 9.49. The highest BCUT2D eigenvalue weighted by atomic mass is 16.5. The van der Waals surface area contributed by atoms with E-state index in [1.54, 1.807) is 6.92 Å². The molecule has 6 nitrogen and oxygen atoms in total. The largest absolute Gasteiger partial charge is 0.466 e. The Hall–Kier alpha value is -1.59. The van der Waals surface area contributed by atoms with E-state index in [0.29, 0.717) is 13.0 Å². The number of carbonyl (C=O) groups is 3. The first-order valence-corrected chi connectivity index (χ1v) is 5.90. The predicted molar refractivity (Wildman–Crippen MR) is 55.7 cm³/mol. The molecule has 0 radical (unpaired) electrons. The van der Waals surface area contributed by atoms with E-state index in [2.05, 4.69) is 10.6 Å². The molecule has 1 spiro atoms. The highest BCUT2D eigenvalue weighted by Crippen LogP contribution is 2.63. The van der Waals surface area contributed by atoms with Crippen molar-refractivity contribution in [2.24, 2.45) is 17.8 Å². The summed E-state index contributed by atoms with van der Waals surface area (Å²) in [4.78, 5) is 34.7. The SMILES string of the molecule is CCOC(=O)[C@@H]1[C@H]2CC[C@@]3(NC(=O)NC3=O)[C@H]21. The van der Waals surface area contributed by atoms with Crippen molar-refractivity contribution in [3.05, 3.63) is 0 Å². The first-order chi connectivity index (χ1) is 8.10. The van der Waals surface area contributed by atoms with Gasteiger partial charge in [-0.05, 0) is 25.7 Å². The quantitative estimate of drug-likeness (QED) is 0.514. The van der Waals surface area contributed by atoms with Gasteiger partial charge in [0.05, 0.1) is 12.5 Å². The third kappa shape index (κ3) is 1.23. The Balaban J connectivity index is 1.80. The van der Waals surface area contributed by atoms with Gasteiger partial charge in [-0.25, -0.2) is 4.79 Å². The fourth-order valence-corrected chi connectivity index (χ4v) is 3.44. The Kier molecular flexibility index (Phi) is 1.99. The van der Waals surface area contributed by atoms with Gasteiger partial charge < -0.3 is 10.1 Å². The molecule has 17 heavy (non-hydrogen) atoms. The first kappa shape index (κ1) is 10.6. The van der Waals surface area contributed by atoms with Gasteiger partial charge in [-0.15, -0.1) is 0 Å². The molecule has 3 amide bonds. The van der Waals surface area contributed by atoms with E-state index >= 15 is 0 Å². The van der Waals surface area contributed by atoms with Gasteiger partial charge in [0.1, 0.15) is 5.54 Å². The van der Waals surface area contributed by atoms with Gasteiger partial charge in [-0.2, -0.15) is 0 Å². The van der Waals surface area contributed by atoms with Crippen LogP contribution in [-0.4, -0.2) is 30.1 Å². The van der Waals surface area contributed by atoms with Crippen LogP contribution in [-0.2, 0) is 14.3 Å². The highest BCUT2D eigenvalue weighted by Gasteiger charge is 2.73. The third-order valence-corrected chi connectivity index (χ3v) is 4.14. The Bertz CT molecular complexity index is 422. The molecule has 3 rings (SSSR count). The molecule has 2 aliphatic carbocycles. The molecule has 0 aromatic rings. The predicted octanol–water partition coefficient (Wildman–Crippen LogP) is -0.216. The summed E-state index contributed by atoms with van der Waals surface area (Å²) in [6.45, 7) is 2.11. The summed E-state index contributed by atoms with van der Waals surface area (Å²) in [7, 11) is 0. The molecule has 1 aliphatic heterocycles. The number of ether oxygens (including phenoxy) is 1. The molecule has 1 heterocycles. The van der Waals surface area contributed by atoms with Gasteiger partial charge in [-0.1, -0.05) is 0 Å². The molecular weight excluding hydrogens is 224 g/mol. The fourth-order valence-electron chi connectivity index (χ4n) is 3.44. The van der Waals surface area contributed by atoms with Gasteiger partial charge in [0.2, 0.25) is 0 Å². The average Bonchev–Trinajstić information content (AvgIpc) is 2.79. The minimum atomic E-state index is -0.848. The number of nitrogens with one attached hydrogen (secondary N) is 2. The van der Waals surface area contributed by atoms with Crippen molar-refractivity contribution in [3.8, 4) is 0 Å². The number of rotatable bonds is 2. The number of urea groups is 1. The van der Waals surface area contributed by atoms with Crippen LogP contribution in [0.2, 0.25) is 0 Å². The molecule has 92 valence electrons. The van der Waals surface area contributed by atoms with Gasteiger partial charge in [0, 0.05) is 5.92 Å². The van der Waals surface area contributed by atoms with E-state index in [9.17, 15) is 14.4 Å². The van der Waals surface area contributed by atoms with E-state index in [0.717, 1.165) is 6.42 Å². The van der Waals surface area contributed by atoms with Crippen LogP contribution in [0.3, 0.4) is 0 Å². The van der Waals surface area contributed by atoms with E-state index in [-0.39, 0.29) is 29.6 Å². The second-order valence-electron chi connectivity index (χ2n) is 4.89. The second-order valence-corrected chi connectivity index (χ2v) is 4.89.